The van der Waals surface area contributed by atoms with Gasteiger partial charge in [0, 0.05) is 6.20 Å². The average Bonchev–Trinajstić information content (AvgIpc) is 2.60. The minimum atomic E-state index is -0.953. The molecule has 0 radical (unpaired) electrons. The lowest BCUT2D eigenvalue weighted by Gasteiger charge is -2.00. The molecule has 2 heterocycles. The minimum absolute atomic E-state index is 0.204. The maximum Gasteiger partial charge on any atom is 0.354 e. The van der Waals surface area contributed by atoms with E-state index in [1.165, 1.54) is 6.20 Å². The quantitative estimate of drug-likeness (QED) is 0.782. The van der Waals surface area contributed by atoms with Crippen molar-refractivity contribution in [1.29, 1.82) is 0 Å². The third kappa shape index (κ3) is 1.16. The molecule has 4 heteroatoms. The summed E-state index contributed by atoms with van der Waals surface area (Å²) in [4.78, 5) is 14.9. The van der Waals surface area contributed by atoms with Crippen LogP contribution >= 0.6 is 0 Å². The van der Waals surface area contributed by atoms with Crippen LogP contribution in [0.15, 0.2) is 24.5 Å². The predicted molar refractivity (Wildman–Crippen MR) is 51.5 cm³/mol. The van der Waals surface area contributed by atoms with Gasteiger partial charge in [-0.15, -0.1) is 0 Å². The van der Waals surface area contributed by atoms with Crippen LogP contribution in [0.25, 0.3) is 5.65 Å². The number of pyridine rings is 1. The van der Waals surface area contributed by atoms with E-state index in [-0.39, 0.29) is 5.69 Å². The molecule has 0 aliphatic rings. The number of imidazole rings is 1. The normalized spacial score (nSPS) is 10.6. The summed E-state index contributed by atoms with van der Waals surface area (Å²) >= 11 is 0. The molecular formula is C10H10N2O2. The summed E-state index contributed by atoms with van der Waals surface area (Å²) in [6, 6.07) is 3.79. The summed E-state index contributed by atoms with van der Waals surface area (Å²) in [6.45, 7) is 2.02. The van der Waals surface area contributed by atoms with E-state index in [4.69, 9.17) is 5.11 Å². The second kappa shape index (κ2) is 3.14. The topological polar surface area (TPSA) is 54.6 Å². The van der Waals surface area contributed by atoms with E-state index in [1.807, 2.05) is 19.1 Å². The van der Waals surface area contributed by atoms with Gasteiger partial charge < -0.3 is 5.11 Å². The molecule has 0 saturated carbocycles. The third-order valence-corrected chi connectivity index (χ3v) is 2.22. The van der Waals surface area contributed by atoms with Crippen molar-refractivity contribution in [3.05, 3.63) is 35.8 Å². The standard InChI is InChI=1S/C10H10N2O2/c1-2-7-4-3-5-12-8(10(13)14)6-11-9(7)12/h3-6H,2H2,1H3,(H,13,14). The second-order valence-corrected chi connectivity index (χ2v) is 3.03. The van der Waals surface area contributed by atoms with Crippen molar-refractivity contribution < 1.29 is 9.90 Å². The first-order valence-electron chi connectivity index (χ1n) is 4.42. The summed E-state index contributed by atoms with van der Waals surface area (Å²) in [5.41, 5.74) is 1.99. The summed E-state index contributed by atoms with van der Waals surface area (Å²) in [5.74, 6) is -0.953. The van der Waals surface area contributed by atoms with Gasteiger partial charge in [0.2, 0.25) is 0 Å². The van der Waals surface area contributed by atoms with Crippen LogP contribution in [0.4, 0.5) is 0 Å². The van der Waals surface area contributed by atoms with E-state index in [0.29, 0.717) is 0 Å². The number of aromatic nitrogens is 2. The lowest BCUT2D eigenvalue weighted by molar-refractivity contribution is 0.0689. The van der Waals surface area contributed by atoms with Gasteiger partial charge in [-0.1, -0.05) is 13.0 Å². The van der Waals surface area contributed by atoms with Gasteiger partial charge in [-0.25, -0.2) is 9.78 Å². The van der Waals surface area contributed by atoms with Crippen molar-refractivity contribution >= 4 is 11.6 Å². The van der Waals surface area contributed by atoms with Crippen molar-refractivity contribution in [2.24, 2.45) is 0 Å². The van der Waals surface area contributed by atoms with E-state index < -0.39 is 5.97 Å². The molecule has 72 valence electrons. The Bertz CT molecular complexity index is 488. The Kier molecular flexibility index (Phi) is 1.96. The molecule has 0 aliphatic heterocycles. The molecule has 0 fully saturated rings. The van der Waals surface area contributed by atoms with Crippen LogP contribution in [-0.4, -0.2) is 20.5 Å². The zero-order valence-corrected chi connectivity index (χ0v) is 7.77. The average molecular weight is 190 g/mol. The van der Waals surface area contributed by atoms with Crippen LogP contribution in [0.1, 0.15) is 23.0 Å². The van der Waals surface area contributed by atoms with Crippen LogP contribution in [0.2, 0.25) is 0 Å². The fourth-order valence-corrected chi connectivity index (χ4v) is 1.50. The minimum Gasteiger partial charge on any atom is -0.477 e. The van der Waals surface area contributed by atoms with E-state index in [0.717, 1.165) is 17.6 Å². The number of hydrogen-bond donors (Lipinski definition) is 1. The molecule has 0 aromatic carbocycles. The SMILES string of the molecule is CCc1cccn2c(C(=O)O)cnc12. The van der Waals surface area contributed by atoms with E-state index in [9.17, 15) is 4.79 Å². The molecule has 1 N–H and O–H groups in total. The highest BCUT2D eigenvalue weighted by atomic mass is 16.4. The first-order chi connectivity index (χ1) is 6.74. The number of rotatable bonds is 2. The van der Waals surface area contributed by atoms with Crippen LogP contribution in [0, 0.1) is 0 Å². The highest BCUT2D eigenvalue weighted by Crippen LogP contribution is 2.12. The molecule has 0 amide bonds. The summed E-state index contributed by atoms with van der Waals surface area (Å²) in [6.07, 6.45) is 3.95. The number of aromatic carboxylic acids is 1. The van der Waals surface area contributed by atoms with Gasteiger partial charge in [0.25, 0.3) is 0 Å². The first-order valence-corrected chi connectivity index (χ1v) is 4.42. The van der Waals surface area contributed by atoms with E-state index in [2.05, 4.69) is 4.98 Å². The Morgan fingerprint density at radius 2 is 2.43 bits per heavy atom. The van der Waals surface area contributed by atoms with Crippen LogP contribution in [-0.2, 0) is 6.42 Å². The highest BCUT2D eigenvalue weighted by Gasteiger charge is 2.11. The number of fused-ring (bicyclic) bond motifs is 1. The number of carboxylic acids is 1. The zero-order chi connectivity index (χ0) is 10.1. The second-order valence-electron chi connectivity index (χ2n) is 3.03. The molecule has 0 bridgehead atoms. The van der Waals surface area contributed by atoms with Gasteiger partial charge in [-0.05, 0) is 18.1 Å². The number of carbonyl (C=O) groups is 1. The molecule has 0 saturated heterocycles. The van der Waals surface area contributed by atoms with Gasteiger partial charge in [0.05, 0.1) is 6.20 Å². The van der Waals surface area contributed by atoms with E-state index in [1.54, 1.807) is 10.6 Å². The maximum absolute atomic E-state index is 10.8. The molecule has 4 nitrogen and oxygen atoms in total. The van der Waals surface area contributed by atoms with Gasteiger partial charge in [0.15, 0.2) is 5.69 Å². The number of carboxylic acid groups (broad SMARTS) is 1. The van der Waals surface area contributed by atoms with Crippen molar-refractivity contribution in [2.45, 2.75) is 13.3 Å². The third-order valence-electron chi connectivity index (χ3n) is 2.22. The largest absolute Gasteiger partial charge is 0.477 e. The highest BCUT2D eigenvalue weighted by molar-refractivity contribution is 5.86. The Morgan fingerprint density at radius 1 is 1.64 bits per heavy atom. The summed E-state index contributed by atoms with van der Waals surface area (Å²) < 4.78 is 1.60. The molecular weight excluding hydrogens is 180 g/mol. The number of aryl methyl sites for hydroxylation is 1. The summed E-state index contributed by atoms with van der Waals surface area (Å²) in [7, 11) is 0. The lowest BCUT2D eigenvalue weighted by atomic mass is 10.2. The smallest absolute Gasteiger partial charge is 0.354 e. The van der Waals surface area contributed by atoms with Gasteiger partial charge in [-0.2, -0.15) is 0 Å². The predicted octanol–water partition coefficient (Wildman–Crippen LogP) is 1.59. The van der Waals surface area contributed by atoms with Crippen LogP contribution in [0.5, 0.6) is 0 Å². The van der Waals surface area contributed by atoms with Crippen LogP contribution < -0.4 is 0 Å². The number of hydrogen-bond acceptors (Lipinski definition) is 2. The van der Waals surface area contributed by atoms with Crippen LogP contribution in [0.3, 0.4) is 0 Å². The monoisotopic (exact) mass is 190 g/mol. The Balaban J connectivity index is 2.75. The van der Waals surface area contributed by atoms with Gasteiger partial charge in [0.1, 0.15) is 5.65 Å². The molecule has 14 heavy (non-hydrogen) atoms. The van der Waals surface area contributed by atoms with Gasteiger partial charge in [-0.3, -0.25) is 4.40 Å². The lowest BCUT2D eigenvalue weighted by Crippen LogP contribution is -2.01. The molecule has 0 aliphatic carbocycles. The van der Waals surface area contributed by atoms with Crippen molar-refractivity contribution in [2.75, 3.05) is 0 Å². The molecule has 2 rings (SSSR count). The molecule has 0 unspecified atom stereocenters. The molecule has 2 aromatic rings. The Labute approximate surface area is 80.8 Å². The maximum atomic E-state index is 10.8. The number of nitrogens with zero attached hydrogens (tertiary/aromatic N) is 2. The Morgan fingerprint density at radius 3 is 3.07 bits per heavy atom. The first kappa shape index (κ1) is 8.74. The fourth-order valence-electron chi connectivity index (χ4n) is 1.50. The molecule has 2 aromatic heterocycles. The Hall–Kier alpha value is -1.84. The zero-order valence-electron chi connectivity index (χ0n) is 7.77. The van der Waals surface area contributed by atoms with Crippen molar-refractivity contribution in [3.8, 4) is 0 Å². The van der Waals surface area contributed by atoms with Gasteiger partial charge >= 0.3 is 5.97 Å². The van der Waals surface area contributed by atoms with Crippen molar-refractivity contribution in [3.63, 3.8) is 0 Å². The molecule has 0 atom stereocenters. The van der Waals surface area contributed by atoms with E-state index >= 15 is 0 Å². The fraction of sp³-hybridized carbons (Fsp3) is 0.200. The summed E-state index contributed by atoms with van der Waals surface area (Å²) in [5, 5.41) is 8.87. The molecule has 0 spiro atoms. The van der Waals surface area contributed by atoms with Crippen molar-refractivity contribution in [1.82, 2.24) is 9.38 Å².